The summed E-state index contributed by atoms with van der Waals surface area (Å²) in [5.74, 6) is 1.15. The van der Waals surface area contributed by atoms with E-state index in [9.17, 15) is 14.4 Å². The number of pyridine rings is 1. The topological polar surface area (TPSA) is 81.1 Å². The van der Waals surface area contributed by atoms with Gasteiger partial charge in [-0.15, -0.1) is 0 Å². The number of anilines is 1. The van der Waals surface area contributed by atoms with Crippen LogP contribution in [0.3, 0.4) is 0 Å². The van der Waals surface area contributed by atoms with Gasteiger partial charge in [0.25, 0.3) is 5.56 Å². The fourth-order valence-corrected chi connectivity index (χ4v) is 5.45. The number of aromatic nitrogens is 1. The molecule has 0 saturated carbocycles. The molecule has 0 aliphatic carbocycles. The van der Waals surface area contributed by atoms with Crippen molar-refractivity contribution in [1.29, 1.82) is 0 Å². The molecule has 3 atom stereocenters. The van der Waals surface area contributed by atoms with E-state index < -0.39 is 5.92 Å². The van der Waals surface area contributed by atoms with Crippen LogP contribution in [0.4, 0.5) is 5.69 Å². The summed E-state index contributed by atoms with van der Waals surface area (Å²) in [6.45, 7) is 2.18. The standard InChI is InChI=1S/C24H27N3O5/c1-31-18-6-7-21(32-2)20(10-18)27-14-17(9-23(27)29)24(30)25-11-15-8-16(13-25)19-4-3-5-22(28)26(19)12-15/h3-7,10,15-17H,8-9,11-14H2,1-2H3/t15-,16+,17+/m1/s1. The predicted molar refractivity (Wildman–Crippen MR) is 118 cm³/mol. The number of hydrogen-bond acceptors (Lipinski definition) is 5. The van der Waals surface area contributed by atoms with E-state index >= 15 is 0 Å². The Bertz CT molecular complexity index is 1130. The lowest BCUT2D eigenvalue weighted by Gasteiger charge is -2.43. The Morgan fingerprint density at radius 3 is 2.62 bits per heavy atom. The highest BCUT2D eigenvalue weighted by atomic mass is 16.5. The first kappa shape index (κ1) is 20.6. The Morgan fingerprint density at radius 1 is 1.00 bits per heavy atom. The highest BCUT2D eigenvalue weighted by Crippen LogP contribution is 2.38. The average molecular weight is 437 g/mol. The molecule has 2 amide bonds. The van der Waals surface area contributed by atoms with Gasteiger partial charge in [0.05, 0.1) is 25.8 Å². The molecule has 3 aliphatic heterocycles. The zero-order valence-corrected chi connectivity index (χ0v) is 18.3. The van der Waals surface area contributed by atoms with Gasteiger partial charge in [0.1, 0.15) is 11.5 Å². The number of benzene rings is 1. The molecule has 8 heteroatoms. The molecular formula is C24H27N3O5. The minimum absolute atomic E-state index is 0.0177. The summed E-state index contributed by atoms with van der Waals surface area (Å²) in [6, 6.07) is 10.7. The Kier molecular flexibility index (Phi) is 5.15. The largest absolute Gasteiger partial charge is 0.497 e. The van der Waals surface area contributed by atoms with Crippen molar-refractivity contribution in [2.45, 2.75) is 25.3 Å². The van der Waals surface area contributed by atoms with Crippen LogP contribution in [0, 0.1) is 11.8 Å². The molecule has 5 rings (SSSR count). The fourth-order valence-electron chi connectivity index (χ4n) is 5.45. The van der Waals surface area contributed by atoms with E-state index in [1.165, 1.54) is 0 Å². The second-order valence-corrected chi connectivity index (χ2v) is 8.88. The van der Waals surface area contributed by atoms with Crippen molar-refractivity contribution in [3.63, 3.8) is 0 Å². The molecule has 1 aromatic heterocycles. The van der Waals surface area contributed by atoms with Gasteiger partial charge in [-0.1, -0.05) is 6.07 Å². The first-order valence-corrected chi connectivity index (χ1v) is 11.0. The molecule has 2 saturated heterocycles. The minimum atomic E-state index is -0.393. The van der Waals surface area contributed by atoms with Crippen molar-refractivity contribution in [3.05, 3.63) is 52.4 Å². The van der Waals surface area contributed by atoms with E-state index in [0.29, 0.717) is 43.4 Å². The van der Waals surface area contributed by atoms with E-state index in [4.69, 9.17) is 9.47 Å². The maximum Gasteiger partial charge on any atom is 0.250 e. The minimum Gasteiger partial charge on any atom is -0.497 e. The third kappa shape index (κ3) is 3.43. The Hall–Kier alpha value is -3.29. The van der Waals surface area contributed by atoms with E-state index in [1.807, 2.05) is 15.5 Å². The first-order chi connectivity index (χ1) is 15.5. The van der Waals surface area contributed by atoms with Crippen molar-refractivity contribution < 1.29 is 19.1 Å². The van der Waals surface area contributed by atoms with Crippen LogP contribution < -0.4 is 19.9 Å². The average Bonchev–Trinajstić information content (AvgIpc) is 3.20. The van der Waals surface area contributed by atoms with Crippen LogP contribution in [-0.4, -0.2) is 55.1 Å². The zero-order valence-electron chi connectivity index (χ0n) is 18.3. The Balaban J connectivity index is 1.35. The molecule has 0 unspecified atom stereocenters. The summed E-state index contributed by atoms with van der Waals surface area (Å²) in [7, 11) is 3.13. The molecule has 2 aromatic rings. The van der Waals surface area contributed by atoms with Crippen molar-refractivity contribution >= 4 is 17.5 Å². The van der Waals surface area contributed by atoms with Crippen LogP contribution in [0.2, 0.25) is 0 Å². The van der Waals surface area contributed by atoms with E-state index in [-0.39, 0.29) is 35.6 Å². The highest BCUT2D eigenvalue weighted by molar-refractivity contribution is 6.01. The van der Waals surface area contributed by atoms with Crippen molar-refractivity contribution in [2.24, 2.45) is 11.8 Å². The molecule has 0 spiro atoms. The van der Waals surface area contributed by atoms with E-state index in [0.717, 1.165) is 12.1 Å². The van der Waals surface area contributed by atoms with Crippen molar-refractivity contribution in [3.8, 4) is 11.5 Å². The number of methoxy groups -OCH3 is 2. The second kappa shape index (κ2) is 8.00. The van der Waals surface area contributed by atoms with Gasteiger partial charge in [0, 0.05) is 56.3 Å². The van der Waals surface area contributed by atoms with Gasteiger partial charge >= 0.3 is 0 Å². The summed E-state index contributed by atoms with van der Waals surface area (Å²) < 4.78 is 12.6. The number of rotatable bonds is 4. The molecule has 32 heavy (non-hydrogen) atoms. The van der Waals surface area contributed by atoms with Gasteiger partial charge < -0.3 is 23.8 Å². The van der Waals surface area contributed by atoms with Crippen LogP contribution in [0.5, 0.6) is 11.5 Å². The number of amides is 2. The van der Waals surface area contributed by atoms with Crippen LogP contribution in [0.1, 0.15) is 24.5 Å². The lowest BCUT2D eigenvalue weighted by Crippen LogP contribution is -2.50. The van der Waals surface area contributed by atoms with Crippen LogP contribution in [0.25, 0.3) is 0 Å². The molecule has 0 N–H and O–H groups in total. The number of ether oxygens (including phenoxy) is 2. The summed E-state index contributed by atoms with van der Waals surface area (Å²) in [4.78, 5) is 42.1. The lowest BCUT2D eigenvalue weighted by atomic mass is 9.82. The number of likely N-dealkylation sites (tertiary alicyclic amines) is 1. The zero-order chi connectivity index (χ0) is 22.4. The molecule has 2 fully saturated rings. The number of fused-ring (bicyclic) bond motifs is 4. The number of nitrogens with zero attached hydrogens (tertiary/aromatic N) is 3. The van der Waals surface area contributed by atoms with Gasteiger partial charge in [-0.2, -0.15) is 0 Å². The summed E-state index contributed by atoms with van der Waals surface area (Å²) in [5.41, 5.74) is 1.66. The molecular weight excluding hydrogens is 410 g/mol. The van der Waals surface area contributed by atoms with E-state index in [1.54, 1.807) is 49.5 Å². The number of piperidine rings is 1. The monoisotopic (exact) mass is 437 g/mol. The van der Waals surface area contributed by atoms with Gasteiger partial charge in [-0.05, 0) is 30.5 Å². The van der Waals surface area contributed by atoms with E-state index in [2.05, 4.69) is 0 Å². The third-order valence-corrected chi connectivity index (χ3v) is 6.94. The van der Waals surface area contributed by atoms with Crippen LogP contribution >= 0.6 is 0 Å². The molecule has 168 valence electrons. The second-order valence-electron chi connectivity index (χ2n) is 8.88. The maximum atomic E-state index is 13.4. The summed E-state index contributed by atoms with van der Waals surface area (Å²) >= 11 is 0. The molecule has 1 aromatic carbocycles. The molecule has 0 radical (unpaired) electrons. The SMILES string of the molecule is COc1ccc(OC)c(N2C[C@@H](C(=O)N3C[C@H]4C[C@@H](C3)c3cccc(=O)n3C4)CC2=O)c1. The predicted octanol–water partition coefficient (Wildman–Crippen LogP) is 1.86. The number of hydrogen-bond donors (Lipinski definition) is 0. The Morgan fingerprint density at radius 2 is 1.84 bits per heavy atom. The Labute approximate surface area is 186 Å². The quantitative estimate of drug-likeness (QED) is 0.730. The van der Waals surface area contributed by atoms with Crippen LogP contribution in [-0.2, 0) is 16.1 Å². The fraction of sp³-hybridized carbons (Fsp3) is 0.458. The van der Waals surface area contributed by atoms with Gasteiger partial charge in [0.2, 0.25) is 11.8 Å². The number of carbonyl (C=O) groups is 2. The number of carbonyl (C=O) groups excluding carboxylic acids is 2. The van der Waals surface area contributed by atoms with Crippen molar-refractivity contribution in [2.75, 3.05) is 38.8 Å². The molecule has 2 bridgehead atoms. The molecule has 3 aliphatic rings. The molecule has 8 nitrogen and oxygen atoms in total. The maximum absolute atomic E-state index is 13.4. The van der Waals surface area contributed by atoms with Gasteiger partial charge in [0.15, 0.2) is 0 Å². The third-order valence-electron chi connectivity index (χ3n) is 6.94. The van der Waals surface area contributed by atoms with Gasteiger partial charge in [-0.25, -0.2) is 0 Å². The van der Waals surface area contributed by atoms with Gasteiger partial charge in [-0.3, -0.25) is 14.4 Å². The lowest BCUT2D eigenvalue weighted by molar-refractivity contribution is -0.138. The summed E-state index contributed by atoms with van der Waals surface area (Å²) in [5, 5.41) is 0. The first-order valence-electron chi connectivity index (χ1n) is 11.0. The molecule has 4 heterocycles. The smallest absolute Gasteiger partial charge is 0.250 e. The van der Waals surface area contributed by atoms with Crippen LogP contribution in [0.15, 0.2) is 41.2 Å². The highest BCUT2D eigenvalue weighted by Gasteiger charge is 2.42. The normalized spacial score (nSPS) is 24.3. The summed E-state index contributed by atoms with van der Waals surface area (Å²) in [6.07, 6.45) is 1.17. The van der Waals surface area contributed by atoms with Crippen molar-refractivity contribution in [1.82, 2.24) is 9.47 Å².